The number of carbonyl (C=O) groups excluding carboxylic acids is 1. The SMILES string of the molecule is O=C(O)CC(NC(=O)c1ccc(F)cc1F)c1ccccc1. The summed E-state index contributed by atoms with van der Waals surface area (Å²) in [6.45, 7) is 0. The highest BCUT2D eigenvalue weighted by Crippen LogP contribution is 2.18. The quantitative estimate of drug-likeness (QED) is 0.892. The van der Waals surface area contributed by atoms with Crippen molar-refractivity contribution in [1.82, 2.24) is 5.32 Å². The zero-order valence-electron chi connectivity index (χ0n) is 11.4. The van der Waals surface area contributed by atoms with E-state index in [2.05, 4.69) is 5.32 Å². The Morgan fingerprint density at radius 2 is 1.77 bits per heavy atom. The lowest BCUT2D eigenvalue weighted by Gasteiger charge is -2.17. The molecule has 0 aliphatic carbocycles. The first-order valence-electron chi connectivity index (χ1n) is 6.50. The van der Waals surface area contributed by atoms with Gasteiger partial charge in [-0.2, -0.15) is 0 Å². The van der Waals surface area contributed by atoms with E-state index in [1.54, 1.807) is 30.3 Å². The van der Waals surface area contributed by atoms with Crippen LogP contribution in [0.3, 0.4) is 0 Å². The van der Waals surface area contributed by atoms with Crippen LogP contribution in [0, 0.1) is 11.6 Å². The van der Waals surface area contributed by atoms with Crippen molar-refractivity contribution in [3.8, 4) is 0 Å². The van der Waals surface area contributed by atoms with Crippen LogP contribution < -0.4 is 5.32 Å². The Labute approximate surface area is 125 Å². The highest BCUT2D eigenvalue weighted by Gasteiger charge is 2.20. The second-order valence-electron chi connectivity index (χ2n) is 4.66. The van der Waals surface area contributed by atoms with Crippen molar-refractivity contribution in [1.29, 1.82) is 0 Å². The fourth-order valence-corrected chi connectivity index (χ4v) is 2.02. The summed E-state index contributed by atoms with van der Waals surface area (Å²) in [7, 11) is 0. The number of carboxylic acid groups (broad SMARTS) is 1. The van der Waals surface area contributed by atoms with Crippen LogP contribution in [0.1, 0.15) is 28.4 Å². The Balaban J connectivity index is 2.23. The lowest BCUT2D eigenvalue weighted by atomic mass is 10.0. The Morgan fingerprint density at radius 1 is 1.09 bits per heavy atom. The van der Waals surface area contributed by atoms with E-state index in [1.165, 1.54) is 0 Å². The van der Waals surface area contributed by atoms with Crippen LogP contribution in [-0.4, -0.2) is 17.0 Å². The minimum absolute atomic E-state index is 0.340. The van der Waals surface area contributed by atoms with Gasteiger partial charge in [-0.25, -0.2) is 8.78 Å². The molecular weight excluding hydrogens is 292 g/mol. The molecule has 0 fully saturated rings. The number of hydrogen-bond acceptors (Lipinski definition) is 2. The fraction of sp³-hybridized carbons (Fsp3) is 0.125. The summed E-state index contributed by atoms with van der Waals surface area (Å²) < 4.78 is 26.5. The number of nitrogens with one attached hydrogen (secondary N) is 1. The number of amides is 1. The summed E-state index contributed by atoms with van der Waals surface area (Å²) in [5, 5.41) is 11.4. The zero-order valence-corrected chi connectivity index (χ0v) is 11.4. The van der Waals surface area contributed by atoms with Crippen molar-refractivity contribution in [3.63, 3.8) is 0 Å². The third-order valence-electron chi connectivity index (χ3n) is 3.06. The van der Waals surface area contributed by atoms with E-state index in [-0.39, 0.29) is 12.0 Å². The summed E-state index contributed by atoms with van der Waals surface area (Å²) in [6.07, 6.45) is -0.349. The highest BCUT2D eigenvalue weighted by atomic mass is 19.1. The molecule has 114 valence electrons. The third kappa shape index (κ3) is 3.88. The zero-order chi connectivity index (χ0) is 16.1. The monoisotopic (exact) mass is 305 g/mol. The molecule has 0 aliphatic rings. The van der Waals surface area contributed by atoms with Gasteiger partial charge in [-0.3, -0.25) is 9.59 Å². The Hall–Kier alpha value is -2.76. The van der Waals surface area contributed by atoms with Crippen LogP contribution >= 0.6 is 0 Å². The van der Waals surface area contributed by atoms with Gasteiger partial charge in [0.05, 0.1) is 18.0 Å². The molecule has 1 unspecified atom stereocenters. The summed E-state index contributed by atoms with van der Waals surface area (Å²) in [6, 6.07) is 10.3. The van der Waals surface area contributed by atoms with Crippen LogP contribution in [-0.2, 0) is 4.79 Å². The van der Waals surface area contributed by atoms with Crippen LogP contribution in [0.2, 0.25) is 0 Å². The molecule has 0 aromatic heterocycles. The number of hydrogen-bond donors (Lipinski definition) is 2. The average Bonchev–Trinajstić information content (AvgIpc) is 2.46. The van der Waals surface area contributed by atoms with Gasteiger partial charge >= 0.3 is 5.97 Å². The van der Waals surface area contributed by atoms with Crippen molar-refractivity contribution >= 4 is 11.9 Å². The van der Waals surface area contributed by atoms with E-state index in [0.717, 1.165) is 12.1 Å². The van der Waals surface area contributed by atoms with Gasteiger partial charge < -0.3 is 10.4 Å². The molecule has 0 saturated heterocycles. The summed E-state index contributed by atoms with van der Waals surface area (Å²) in [4.78, 5) is 23.0. The van der Waals surface area contributed by atoms with Gasteiger partial charge in [-0.05, 0) is 17.7 Å². The number of aliphatic carboxylic acids is 1. The fourth-order valence-electron chi connectivity index (χ4n) is 2.02. The van der Waals surface area contributed by atoms with Gasteiger partial charge in [0.2, 0.25) is 0 Å². The maximum absolute atomic E-state index is 13.6. The van der Waals surface area contributed by atoms with Gasteiger partial charge in [0.15, 0.2) is 0 Å². The summed E-state index contributed by atoms with van der Waals surface area (Å²) >= 11 is 0. The standard InChI is InChI=1S/C16H13F2NO3/c17-11-6-7-12(13(18)8-11)16(22)19-14(9-15(20)21)10-4-2-1-3-5-10/h1-8,14H,9H2,(H,19,22)(H,20,21). The van der Waals surface area contributed by atoms with Crippen LogP contribution in [0.25, 0.3) is 0 Å². The molecular formula is C16H13F2NO3. The molecule has 0 aliphatic heterocycles. The third-order valence-corrected chi connectivity index (χ3v) is 3.06. The van der Waals surface area contributed by atoms with E-state index < -0.39 is 29.6 Å². The average molecular weight is 305 g/mol. The van der Waals surface area contributed by atoms with Crippen LogP contribution in [0.4, 0.5) is 8.78 Å². The Morgan fingerprint density at radius 3 is 2.36 bits per heavy atom. The van der Waals surface area contributed by atoms with E-state index in [0.29, 0.717) is 11.6 Å². The topological polar surface area (TPSA) is 66.4 Å². The Bertz CT molecular complexity index is 689. The van der Waals surface area contributed by atoms with E-state index in [4.69, 9.17) is 5.11 Å². The molecule has 2 rings (SSSR count). The largest absolute Gasteiger partial charge is 0.481 e. The first-order chi connectivity index (χ1) is 10.5. The molecule has 4 nitrogen and oxygen atoms in total. The molecule has 0 saturated carbocycles. The summed E-state index contributed by atoms with van der Waals surface area (Å²) in [5.74, 6) is -3.69. The predicted molar refractivity (Wildman–Crippen MR) is 75.3 cm³/mol. The smallest absolute Gasteiger partial charge is 0.305 e. The maximum Gasteiger partial charge on any atom is 0.305 e. The van der Waals surface area contributed by atoms with E-state index >= 15 is 0 Å². The highest BCUT2D eigenvalue weighted by molar-refractivity contribution is 5.95. The van der Waals surface area contributed by atoms with Crippen molar-refractivity contribution in [2.75, 3.05) is 0 Å². The molecule has 1 atom stereocenters. The first kappa shape index (κ1) is 15.6. The normalized spacial score (nSPS) is 11.7. The first-order valence-corrected chi connectivity index (χ1v) is 6.50. The molecule has 2 aromatic carbocycles. The Kier molecular flexibility index (Phi) is 4.83. The number of rotatable bonds is 5. The second-order valence-corrected chi connectivity index (χ2v) is 4.66. The molecule has 0 bridgehead atoms. The molecule has 0 spiro atoms. The van der Waals surface area contributed by atoms with Gasteiger partial charge in [-0.1, -0.05) is 30.3 Å². The van der Waals surface area contributed by atoms with Crippen molar-refractivity contribution in [2.45, 2.75) is 12.5 Å². The van der Waals surface area contributed by atoms with Gasteiger partial charge in [0, 0.05) is 6.07 Å². The molecule has 22 heavy (non-hydrogen) atoms. The minimum atomic E-state index is -1.10. The summed E-state index contributed by atoms with van der Waals surface area (Å²) in [5.41, 5.74) is 0.244. The van der Waals surface area contributed by atoms with Gasteiger partial charge in [-0.15, -0.1) is 0 Å². The molecule has 2 N–H and O–H groups in total. The molecule has 0 radical (unpaired) electrons. The molecule has 2 aromatic rings. The van der Waals surface area contributed by atoms with Gasteiger partial charge in [0.1, 0.15) is 11.6 Å². The molecule has 0 heterocycles. The maximum atomic E-state index is 13.6. The van der Waals surface area contributed by atoms with Crippen LogP contribution in [0.15, 0.2) is 48.5 Å². The number of halogens is 2. The van der Waals surface area contributed by atoms with Crippen molar-refractivity contribution in [2.24, 2.45) is 0 Å². The lowest BCUT2D eigenvalue weighted by Crippen LogP contribution is -2.30. The number of carbonyl (C=O) groups is 2. The minimum Gasteiger partial charge on any atom is -0.481 e. The van der Waals surface area contributed by atoms with Crippen LogP contribution in [0.5, 0.6) is 0 Å². The second kappa shape index (κ2) is 6.80. The van der Waals surface area contributed by atoms with E-state index in [1.807, 2.05) is 0 Å². The predicted octanol–water partition coefficient (Wildman–Crippen LogP) is 2.91. The lowest BCUT2D eigenvalue weighted by molar-refractivity contribution is -0.137. The molecule has 1 amide bonds. The molecule has 6 heteroatoms. The van der Waals surface area contributed by atoms with Crippen molar-refractivity contribution in [3.05, 3.63) is 71.3 Å². The number of carboxylic acids is 1. The van der Waals surface area contributed by atoms with Gasteiger partial charge in [0.25, 0.3) is 5.91 Å². The van der Waals surface area contributed by atoms with Crippen molar-refractivity contribution < 1.29 is 23.5 Å². The number of benzene rings is 2. The van der Waals surface area contributed by atoms with E-state index in [9.17, 15) is 18.4 Å².